The number of alkyl halides is 1. The predicted molar refractivity (Wildman–Crippen MR) is 82.2 cm³/mol. The summed E-state index contributed by atoms with van der Waals surface area (Å²) in [6.45, 7) is 2.06. The van der Waals surface area contributed by atoms with E-state index < -0.39 is 11.6 Å². The summed E-state index contributed by atoms with van der Waals surface area (Å²) in [5.74, 6) is -0.697. The molecule has 2 aromatic rings. The first-order valence-electron chi connectivity index (χ1n) is 6.64. The van der Waals surface area contributed by atoms with Gasteiger partial charge in [-0.3, -0.25) is 0 Å². The van der Waals surface area contributed by atoms with Crippen LogP contribution in [0.25, 0.3) is 0 Å². The Morgan fingerprint density at radius 3 is 2.50 bits per heavy atom. The van der Waals surface area contributed by atoms with Gasteiger partial charge in [0, 0.05) is 11.4 Å². The van der Waals surface area contributed by atoms with Gasteiger partial charge in [0.05, 0.1) is 0 Å². The van der Waals surface area contributed by atoms with Crippen molar-refractivity contribution in [3.8, 4) is 0 Å². The second-order valence-corrected chi connectivity index (χ2v) is 5.80. The van der Waals surface area contributed by atoms with Crippen LogP contribution in [0.15, 0.2) is 42.5 Å². The highest BCUT2D eigenvalue weighted by atomic mass is 79.9. The Labute approximate surface area is 127 Å². The molecule has 3 heteroatoms. The van der Waals surface area contributed by atoms with Gasteiger partial charge in [-0.15, -0.1) is 0 Å². The summed E-state index contributed by atoms with van der Waals surface area (Å²) in [5.41, 5.74) is 3.05. The molecule has 20 heavy (non-hydrogen) atoms. The first-order valence-corrected chi connectivity index (χ1v) is 7.76. The van der Waals surface area contributed by atoms with Crippen LogP contribution in [0.4, 0.5) is 8.78 Å². The molecule has 0 aromatic heterocycles. The minimum atomic E-state index is -0.527. The number of hydrogen-bond acceptors (Lipinski definition) is 0. The predicted octanol–water partition coefficient (Wildman–Crippen LogP) is 5.07. The number of hydrogen-bond donors (Lipinski definition) is 0. The molecule has 0 fully saturated rings. The lowest BCUT2D eigenvalue weighted by Gasteiger charge is -2.15. The highest BCUT2D eigenvalue weighted by Gasteiger charge is 2.13. The summed E-state index contributed by atoms with van der Waals surface area (Å²) < 4.78 is 26.6. The van der Waals surface area contributed by atoms with Crippen LogP contribution in [0.5, 0.6) is 0 Å². The van der Waals surface area contributed by atoms with E-state index in [1.807, 2.05) is 6.07 Å². The van der Waals surface area contributed by atoms with Crippen LogP contribution >= 0.6 is 15.9 Å². The van der Waals surface area contributed by atoms with Gasteiger partial charge in [-0.2, -0.15) is 0 Å². The zero-order chi connectivity index (χ0) is 14.5. The van der Waals surface area contributed by atoms with Gasteiger partial charge in [0.25, 0.3) is 0 Å². The standard InChI is InChI=1S/C17H17BrF2/c1-12-3-2-4-13(7-12)8-14(11-18)9-15-5-6-16(19)10-17(15)20/h2-7,10,14H,8-9,11H2,1H3. The molecule has 0 amide bonds. The third kappa shape index (κ3) is 4.14. The van der Waals surface area contributed by atoms with E-state index in [2.05, 4.69) is 41.1 Å². The van der Waals surface area contributed by atoms with E-state index in [0.29, 0.717) is 12.0 Å². The summed E-state index contributed by atoms with van der Waals surface area (Å²) in [6, 6.07) is 12.1. The minimum Gasteiger partial charge on any atom is -0.207 e. The maximum absolute atomic E-state index is 13.7. The van der Waals surface area contributed by atoms with Crippen LogP contribution in [0.3, 0.4) is 0 Å². The Bertz CT molecular complexity index is 581. The van der Waals surface area contributed by atoms with Crippen molar-refractivity contribution >= 4 is 15.9 Å². The Hall–Kier alpha value is -1.22. The lowest BCUT2D eigenvalue weighted by Crippen LogP contribution is -2.11. The molecule has 0 bridgehead atoms. The van der Waals surface area contributed by atoms with E-state index in [1.54, 1.807) is 0 Å². The highest BCUT2D eigenvalue weighted by molar-refractivity contribution is 9.09. The van der Waals surface area contributed by atoms with Gasteiger partial charge >= 0.3 is 0 Å². The molecule has 0 aliphatic heterocycles. The highest BCUT2D eigenvalue weighted by Crippen LogP contribution is 2.20. The fraction of sp³-hybridized carbons (Fsp3) is 0.294. The van der Waals surface area contributed by atoms with Gasteiger partial charge in [0.2, 0.25) is 0 Å². The third-order valence-corrected chi connectivity index (χ3v) is 4.26. The van der Waals surface area contributed by atoms with Gasteiger partial charge in [0.15, 0.2) is 0 Å². The second kappa shape index (κ2) is 6.98. The third-order valence-electron chi connectivity index (χ3n) is 3.35. The Balaban J connectivity index is 2.09. The lowest BCUT2D eigenvalue weighted by molar-refractivity contribution is 0.537. The van der Waals surface area contributed by atoms with Crippen LogP contribution in [0.1, 0.15) is 16.7 Å². The zero-order valence-corrected chi connectivity index (χ0v) is 13.0. The van der Waals surface area contributed by atoms with E-state index in [1.165, 1.54) is 23.3 Å². The molecule has 0 aliphatic rings. The molecule has 0 N–H and O–H groups in total. The van der Waals surface area contributed by atoms with E-state index in [4.69, 9.17) is 0 Å². The number of benzene rings is 2. The fourth-order valence-corrected chi connectivity index (χ4v) is 2.81. The largest absolute Gasteiger partial charge is 0.207 e. The van der Waals surface area contributed by atoms with Crippen molar-refractivity contribution in [2.45, 2.75) is 19.8 Å². The summed E-state index contributed by atoms with van der Waals surface area (Å²) in [5, 5.41) is 0.789. The molecule has 0 spiro atoms. The monoisotopic (exact) mass is 338 g/mol. The van der Waals surface area contributed by atoms with Crippen LogP contribution < -0.4 is 0 Å². The zero-order valence-electron chi connectivity index (χ0n) is 11.4. The average molecular weight is 339 g/mol. The average Bonchev–Trinajstić information content (AvgIpc) is 2.41. The minimum absolute atomic E-state index is 0.289. The molecular weight excluding hydrogens is 322 g/mol. The van der Waals surface area contributed by atoms with E-state index in [-0.39, 0.29) is 5.92 Å². The Morgan fingerprint density at radius 2 is 1.85 bits per heavy atom. The Kier molecular flexibility index (Phi) is 5.30. The molecule has 0 saturated heterocycles. The molecule has 0 radical (unpaired) electrons. The topological polar surface area (TPSA) is 0 Å². The van der Waals surface area contributed by atoms with E-state index in [9.17, 15) is 8.78 Å². The number of halogens is 3. The normalized spacial score (nSPS) is 12.4. The number of rotatable bonds is 5. The summed E-state index contributed by atoms with van der Waals surface area (Å²) >= 11 is 3.49. The smallest absolute Gasteiger partial charge is 0.129 e. The number of aryl methyl sites for hydroxylation is 1. The summed E-state index contributed by atoms with van der Waals surface area (Å²) in [4.78, 5) is 0. The van der Waals surface area contributed by atoms with Gasteiger partial charge in [-0.25, -0.2) is 8.78 Å². The van der Waals surface area contributed by atoms with Crippen LogP contribution in [0, 0.1) is 24.5 Å². The fourth-order valence-electron chi connectivity index (χ4n) is 2.35. The van der Waals surface area contributed by atoms with Crippen molar-refractivity contribution in [1.29, 1.82) is 0 Å². The molecule has 0 saturated carbocycles. The Morgan fingerprint density at radius 1 is 1.05 bits per heavy atom. The molecule has 0 nitrogen and oxygen atoms in total. The van der Waals surface area contributed by atoms with Gasteiger partial charge in [-0.1, -0.05) is 51.8 Å². The molecule has 2 rings (SSSR count). The molecular formula is C17H17BrF2. The SMILES string of the molecule is Cc1cccc(CC(CBr)Cc2ccc(F)cc2F)c1. The molecule has 2 aromatic carbocycles. The van der Waals surface area contributed by atoms with Crippen LogP contribution in [-0.4, -0.2) is 5.33 Å². The van der Waals surface area contributed by atoms with Crippen molar-refractivity contribution in [1.82, 2.24) is 0 Å². The van der Waals surface area contributed by atoms with Gasteiger partial charge < -0.3 is 0 Å². The van der Waals surface area contributed by atoms with Crippen molar-refractivity contribution in [2.75, 3.05) is 5.33 Å². The molecule has 0 heterocycles. The van der Waals surface area contributed by atoms with Crippen molar-refractivity contribution in [3.63, 3.8) is 0 Å². The maximum atomic E-state index is 13.7. The lowest BCUT2D eigenvalue weighted by atomic mass is 9.93. The van der Waals surface area contributed by atoms with Crippen LogP contribution in [-0.2, 0) is 12.8 Å². The summed E-state index contributed by atoms with van der Waals surface area (Å²) in [6.07, 6.45) is 1.48. The first kappa shape index (κ1) is 15.2. The van der Waals surface area contributed by atoms with E-state index >= 15 is 0 Å². The van der Waals surface area contributed by atoms with Crippen molar-refractivity contribution in [3.05, 3.63) is 70.8 Å². The van der Waals surface area contributed by atoms with Gasteiger partial charge in [0.1, 0.15) is 11.6 Å². The maximum Gasteiger partial charge on any atom is 0.129 e. The first-order chi connectivity index (χ1) is 9.58. The van der Waals surface area contributed by atoms with E-state index in [0.717, 1.165) is 17.8 Å². The second-order valence-electron chi connectivity index (χ2n) is 5.15. The molecule has 1 unspecified atom stereocenters. The van der Waals surface area contributed by atoms with Gasteiger partial charge in [-0.05, 0) is 42.9 Å². The molecule has 0 aliphatic carbocycles. The van der Waals surface area contributed by atoms with Crippen molar-refractivity contribution < 1.29 is 8.78 Å². The quantitative estimate of drug-likeness (QED) is 0.667. The van der Waals surface area contributed by atoms with Crippen LogP contribution in [0.2, 0.25) is 0 Å². The summed E-state index contributed by atoms with van der Waals surface area (Å²) in [7, 11) is 0. The molecule has 1 atom stereocenters. The van der Waals surface area contributed by atoms with Crippen molar-refractivity contribution in [2.24, 2.45) is 5.92 Å². The molecule has 106 valence electrons.